The van der Waals surface area contributed by atoms with E-state index >= 15 is 0 Å². The number of hydrogen-bond donors (Lipinski definition) is 0. The number of rotatable bonds is 7. The Morgan fingerprint density at radius 1 is 0.848 bits per heavy atom. The van der Waals surface area contributed by atoms with Gasteiger partial charge in [-0.25, -0.2) is 9.79 Å². The Morgan fingerprint density at radius 3 is 2.04 bits per heavy atom. The molecule has 1 atom stereocenters. The minimum atomic E-state index is -0.649. The van der Waals surface area contributed by atoms with Crippen molar-refractivity contribution < 1.29 is 9.53 Å². The molecule has 0 bridgehead atoms. The lowest BCUT2D eigenvalue weighted by Crippen LogP contribution is -2.40. The second-order valence-corrected chi connectivity index (χ2v) is 11.9. The lowest BCUT2D eigenvalue weighted by Gasteiger charge is -2.25. The zero-order chi connectivity index (χ0) is 31.6. The van der Waals surface area contributed by atoms with E-state index < -0.39 is 12.0 Å². The average Bonchev–Trinajstić information content (AvgIpc) is 3.65. The van der Waals surface area contributed by atoms with E-state index in [9.17, 15) is 9.59 Å². The number of esters is 1. The number of allylic oxidation sites excluding steroid dienone is 1. The van der Waals surface area contributed by atoms with Crippen LogP contribution in [0.3, 0.4) is 0 Å². The number of methoxy groups -OCH3 is 1. The molecule has 3 heterocycles. The molecule has 0 saturated heterocycles. The van der Waals surface area contributed by atoms with Crippen molar-refractivity contribution in [3.8, 4) is 28.2 Å². The predicted octanol–water partition coefficient (Wildman–Crippen LogP) is 6.92. The standard InChI is InChI=1S/C39H31N3O3S/c1-3-31-34(38(44)45-2)36(28-20-12-6-13-21-28)42-37(43)33(46-39(42)40-31)25-29-24-32(26-16-8-4-9-17-26)41(30-22-14-7-15-23-30)35(29)27-18-10-5-11-19-27/h4-25,36H,3H2,1-2H3/b33-25+/t36-/m1/s1. The zero-order valence-corrected chi connectivity index (χ0v) is 26.3. The van der Waals surface area contributed by atoms with E-state index in [0.717, 1.165) is 39.3 Å². The first-order valence-corrected chi connectivity index (χ1v) is 16.0. The summed E-state index contributed by atoms with van der Waals surface area (Å²) in [5.41, 5.74) is 7.61. The van der Waals surface area contributed by atoms with Crippen molar-refractivity contribution in [2.75, 3.05) is 7.11 Å². The summed E-state index contributed by atoms with van der Waals surface area (Å²) in [6.07, 6.45) is 2.49. The number of para-hydroxylation sites is 1. The van der Waals surface area contributed by atoms with Gasteiger partial charge in [0.2, 0.25) is 0 Å². The van der Waals surface area contributed by atoms with Crippen LogP contribution >= 0.6 is 11.3 Å². The van der Waals surface area contributed by atoms with Crippen molar-refractivity contribution in [1.82, 2.24) is 9.13 Å². The summed E-state index contributed by atoms with van der Waals surface area (Å²) in [7, 11) is 1.36. The molecule has 4 aromatic carbocycles. The van der Waals surface area contributed by atoms with E-state index in [2.05, 4.69) is 47.0 Å². The van der Waals surface area contributed by atoms with E-state index in [1.54, 1.807) is 4.57 Å². The van der Waals surface area contributed by atoms with E-state index in [1.165, 1.54) is 18.4 Å². The number of carbonyl (C=O) groups excluding carboxylic acids is 1. The third-order valence-electron chi connectivity index (χ3n) is 8.21. The summed E-state index contributed by atoms with van der Waals surface area (Å²) in [4.78, 5) is 33.0. The quantitative estimate of drug-likeness (QED) is 0.182. The highest BCUT2D eigenvalue weighted by molar-refractivity contribution is 7.07. The molecule has 6 aromatic rings. The summed E-state index contributed by atoms with van der Waals surface area (Å²) >= 11 is 1.34. The molecule has 0 N–H and O–H groups in total. The maximum absolute atomic E-state index is 14.4. The number of hydrogen-bond acceptors (Lipinski definition) is 5. The SMILES string of the molecule is CCC1=C(C(=O)OC)[C@@H](c2ccccc2)n2c(s/c(=C/c3cc(-c4ccccc4)n(-c4ccccc4)c3-c3ccccc3)c2=O)=N1. The van der Waals surface area contributed by atoms with Gasteiger partial charge >= 0.3 is 5.97 Å². The molecule has 1 aliphatic heterocycles. The minimum absolute atomic E-state index is 0.207. The maximum Gasteiger partial charge on any atom is 0.338 e. The number of aromatic nitrogens is 2. The van der Waals surface area contributed by atoms with E-state index in [1.807, 2.05) is 97.9 Å². The van der Waals surface area contributed by atoms with Gasteiger partial charge < -0.3 is 9.30 Å². The molecular formula is C39H31N3O3S. The van der Waals surface area contributed by atoms with Gasteiger partial charge in [-0.05, 0) is 47.4 Å². The molecule has 7 rings (SSSR count). The number of thiazole rings is 1. The van der Waals surface area contributed by atoms with Crippen molar-refractivity contribution in [3.63, 3.8) is 0 Å². The van der Waals surface area contributed by atoms with Crippen LogP contribution in [0.2, 0.25) is 0 Å². The van der Waals surface area contributed by atoms with Gasteiger partial charge in [-0.2, -0.15) is 0 Å². The summed E-state index contributed by atoms with van der Waals surface area (Å²) in [5, 5.41) is 0. The smallest absolute Gasteiger partial charge is 0.338 e. The van der Waals surface area contributed by atoms with Crippen molar-refractivity contribution in [2.45, 2.75) is 19.4 Å². The molecule has 0 radical (unpaired) electrons. The van der Waals surface area contributed by atoms with Crippen LogP contribution in [0.1, 0.15) is 30.5 Å². The molecule has 6 nitrogen and oxygen atoms in total. The average molecular weight is 622 g/mol. The number of benzene rings is 4. The highest BCUT2D eigenvalue weighted by Gasteiger charge is 2.33. The Morgan fingerprint density at radius 2 is 1.43 bits per heavy atom. The lowest BCUT2D eigenvalue weighted by molar-refractivity contribution is -0.136. The number of nitrogens with zero attached hydrogens (tertiary/aromatic N) is 3. The van der Waals surface area contributed by atoms with Gasteiger partial charge in [0.1, 0.15) is 0 Å². The lowest BCUT2D eigenvalue weighted by atomic mass is 9.95. The van der Waals surface area contributed by atoms with Gasteiger partial charge in [0.05, 0.1) is 40.3 Å². The molecule has 0 aliphatic carbocycles. The molecule has 1 aliphatic rings. The summed E-state index contributed by atoms with van der Waals surface area (Å²) < 4.78 is 9.65. The first-order chi connectivity index (χ1) is 22.6. The van der Waals surface area contributed by atoms with Crippen LogP contribution in [0.25, 0.3) is 34.3 Å². The summed E-state index contributed by atoms with van der Waals surface area (Å²) in [6.45, 7) is 1.96. The molecule has 0 fully saturated rings. The fraction of sp³-hybridized carbons (Fsp3) is 0.103. The highest BCUT2D eigenvalue weighted by atomic mass is 32.1. The summed E-state index contributed by atoms with van der Waals surface area (Å²) in [6, 6.07) is 41.9. The Balaban J connectivity index is 1.53. The van der Waals surface area contributed by atoms with Crippen LogP contribution in [0.5, 0.6) is 0 Å². The van der Waals surface area contributed by atoms with Crippen LogP contribution in [-0.4, -0.2) is 22.2 Å². The fourth-order valence-electron chi connectivity index (χ4n) is 6.15. The molecule has 0 spiro atoms. The van der Waals surface area contributed by atoms with Gasteiger partial charge in [0.15, 0.2) is 4.80 Å². The van der Waals surface area contributed by atoms with Gasteiger partial charge in [-0.15, -0.1) is 0 Å². The first-order valence-electron chi connectivity index (χ1n) is 15.2. The Labute approximate surface area is 270 Å². The van der Waals surface area contributed by atoms with Gasteiger partial charge in [0.25, 0.3) is 5.56 Å². The molecular weight excluding hydrogens is 591 g/mol. The first kappa shape index (κ1) is 29.2. The second kappa shape index (κ2) is 12.5. The van der Waals surface area contributed by atoms with Crippen LogP contribution in [0.4, 0.5) is 0 Å². The van der Waals surface area contributed by atoms with Crippen LogP contribution in [0, 0.1) is 0 Å². The predicted molar refractivity (Wildman–Crippen MR) is 183 cm³/mol. The fourth-order valence-corrected chi connectivity index (χ4v) is 7.17. The Hall–Kier alpha value is -5.53. The largest absolute Gasteiger partial charge is 0.466 e. The summed E-state index contributed by atoms with van der Waals surface area (Å²) in [5.74, 6) is -0.484. The minimum Gasteiger partial charge on any atom is -0.466 e. The van der Waals surface area contributed by atoms with Gasteiger partial charge in [-0.1, -0.05) is 127 Å². The normalized spacial score (nSPS) is 14.6. The molecule has 2 aromatic heterocycles. The molecule has 7 heteroatoms. The molecule has 0 amide bonds. The third-order valence-corrected chi connectivity index (χ3v) is 9.20. The van der Waals surface area contributed by atoms with Crippen LogP contribution < -0.4 is 14.9 Å². The van der Waals surface area contributed by atoms with Crippen molar-refractivity contribution >= 4 is 23.4 Å². The Kier molecular flexibility index (Phi) is 7.91. The van der Waals surface area contributed by atoms with Gasteiger partial charge in [-0.3, -0.25) is 9.36 Å². The van der Waals surface area contributed by atoms with Crippen LogP contribution in [0.15, 0.2) is 148 Å². The maximum atomic E-state index is 14.4. The van der Waals surface area contributed by atoms with Crippen molar-refractivity contribution in [3.05, 3.63) is 169 Å². The van der Waals surface area contributed by atoms with E-state index in [0.29, 0.717) is 27.0 Å². The molecule has 46 heavy (non-hydrogen) atoms. The van der Waals surface area contributed by atoms with Crippen LogP contribution in [-0.2, 0) is 9.53 Å². The van der Waals surface area contributed by atoms with E-state index in [-0.39, 0.29) is 5.56 Å². The van der Waals surface area contributed by atoms with Gasteiger partial charge in [0, 0.05) is 11.3 Å². The number of carbonyl (C=O) groups is 1. The molecule has 0 saturated carbocycles. The second-order valence-electron chi connectivity index (χ2n) is 10.9. The third kappa shape index (κ3) is 5.14. The highest BCUT2D eigenvalue weighted by Crippen LogP contribution is 2.37. The monoisotopic (exact) mass is 621 g/mol. The molecule has 226 valence electrons. The van der Waals surface area contributed by atoms with Crippen molar-refractivity contribution in [2.24, 2.45) is 4.99 Å². The topological polar surface area (TPSA) is 65.6 Å². The Bertz CT molecular complexity index is 2250. The van der Waals surface area contributed by atoms with E-state index in [4.69, 9.17) is 9.73 Å². The number of ether oxygens (including phenoxy) is 1. The molecule has 0 unspecified atom stereocenters. The van der Waals surface area contributed by atoms with Crippen molar-refractivity contribution in [1.29, 1.82) is 0 Å². The number of fused-ring (bicyclic) bond motifs is 1. The zero-order valence-electron chi connectivity index (χ0n) is 25.5.